The Hall–Kier alpha value is -2.03. The van der Waals surface area contributed by atoms with Gasteiger partial charge in [0.15, 0.2) is 0 Å². The van der Waals surface area contributed by atoms with E-state index in [0.717, 1.165) is 25.9 Å². The molecule has 3 heteroatoms. The Morgan fingerprint density at radius 3 is 2.05 bits per heavy atom. The molecule has 0 radical (unpaired) electrons. The number of carbonyl (C=O) groups is 1. The number of carboxylic acid groups (broad SMARTS) is 1. The normalized spacial score (nSPS) is 33.5. The summed E-state index contributed by atoms with van der Waals surface area (Å²) >= 11 is 0. The quantitative estimate of drug-likeness (QED) is 0.805. The van der Waals surface area contributed by atoms with Crippen LogP contribution < -0.4 is 4.90 Å². The molecular weight excluding hydrogens is 274 g/mol. The predicted molar refractivity (Wildman–Crippen MR) is 85.6 cm³/mol. The predicted octanol–water partition coefficient (Wildman–Crippen LogP) is 3.54. The molecule has 1 aromatic carbocycles. The van der Waals surface area contributed by atoms with Crippen LogP contribution in [0.15, 0.2) is 36.4 Å². The summed E-state index contributed by atoms with van der Waals surface area (Å²) in [5.41, 5.74) is 4.29. The third kappa shape index (κ3) is 1.54. The summed E-state index contributed by atoms with van der Waals surface area (Å²) in [6.45, 7) is 2.24. The number of rotatable bonds is 1. The van der Waals surface area contributed by atoms with Gasteiger partial charge in [0.2, 0.25) is 0 Å². The molecular formula is C19H19NO2. The minimum Gasteiger partial charge on any atom is -0.478 e. The van der Waals surface area contributed by atoms with Crippen LogP contribution in [0.5, 0.6) is 0 Å². The summed E-state index contributed by atoms with van der Waals surface area (Å²) in [7, 11) is 0. The number of nitrogens with zero attached hydrogens (tertiary/aromatic N) is 1. The Balaban J connectivity index is 1.77. The second-order valence-electron chi connectivity index (χ2n) is 7.11. The largest absolute Gasteiger partial charge is 0.478 e. The summed E-state index contributed by atoms with van der Waals surface area (Å²) in [6.07, 6.45) is 11.4. The van der Waals surface area contributed by atoms with Crippen LogP contribution in [-0.4, -0.2) is 24.2 Å². The Morgan fingerprint density at radius 1 is 1.00 bits per heavy atom. The van der Waals surface area contributed by atoms with E-state index in [2.05, 4.69) is 29.2 Å². The summed E-state index contributed by atoms with van der Waals surface area (Å²) in [4.78, 5) is 14.1. The fourth-order valence-electron chi connectivity index (χ4n) is 5.00. The van der Waals surface area contributed by atoms with Gasteiger partial charge in [-0.1, -0.05) is 24.3 Å². The van der Waals surface area contributed by atoms with Crippen molar-refractivity contribution >= 4 is 11.7 Å². The summed E-state index contributed by atoms with van der Waals surface area (Å²) in [5.74, 6) is 1.25. The van der Waals surface area contributed by atoms with E-state index in [1.54, 1.807) is 0 Å². The van der Waals surface area contributed by atoms with Crippen molar-refractivity contribution in [3.05, 3.63) is 53.1 Å². The molecule has 0 bridgehead atoms. The van der Waals surface area contributed by atoms with Gasteiger partial charge < -0.3 is 10.0 Å². The highest BCUT2D eigenvalue weighted by Gasteiger charge is 2.42. The second-order valence-corrected chi connectivity index (χ2v) is 7.11. The SMILES string of the molecule is O=C(O)c1cc2c3c(c1)[C@@H]1C=CC[C@H]1CN3C[C@H]1CC=C[C@@H]21. The molecule has 0 saturated heterocycles. The van der Waals surface area contributed by atoms with E-state index in [9.17, 15) is 9.90 Å². The van der Waals surface area contributed by atoms with Crippen molar-refractivity contribution < 1.29 is 9.90 Å². The molecule has 5 rings (SSSR count). The number of hydrogen-bond donors (Lipinski definition) is 1. The lowest BCUT2D eigenvalue weighted by Crippen LogP contribution is -2.43. The zero-order chi connectivity index (χ0) is 14.8. The third-order valence-electron chi connectivity index (χ3n) is 5.94. The second kappa shape index (κ2) is 4.25. The van der Waals surface area contributed by atoms with Crippen LogP contribution in [0, 0.1) is 11.8 Å². The average molecular weight is 293 g/mol. The van der Waals surface area contributed by atoms with Gasteiger partial charge in [0.05, 0.1) is 5.56 Å². The molecule has 2 heterocycles. The Kier molecular flexibility index (Phi) is 2.42. The first-order chi connectivity index (χ1) is 10.7. The fourth-order valence-corrected chi connectivity index (χ4v) is 5.00. The molecule has 0 unspecified atom stereocenters. The van der Waals surface area contributed by atoms with Gasteiger partial charge in [0.25, 0.3) is 0 Å². The lowest BCUT2D eigenvalue weighted by atomic mass is 9.74. The van der Waals surface area contributed by atoms with Crippen molar-refractivity contribution in [2.45, 2.75) is 24.7 Å². The van der Waals surface area contributed by atoms with Crippen LogP contribution in [0.1, 0.15) is 46.2 Å². The van der Waals surface area contributed by atoms with E-state index in [-0.39, 0.29) is 0 Å². The summed E-state index contributed by atoms with van der Waals surface area (Å²) in [6, 6.07) is 3.86. The minimum atomic E-state index is -0.807. The maximum atomic E-state index is 11.6. The maximum Gasteiger partial charge on any atom is 0.335 e. The van der Waals surface area contributed by atoms with Crippen molar-refractivity contribution in [2.75, 3.05) is 18.0 Å². The van der Waals surface area contributed by atoms with Gasteiger partial charge in [0, 0.05) is 30.6 Å². The highest BCUT2D eigenvalue weighted by molar-refractivity contribution is 5.90. The van der Waals surface area contributed by atoms with Crippen LogP contribution in [0.2, 0.25) is 0 Å². The molecule has 1 N–H and O–H groups in total. The maximum absolute atomic E-state index is 11.6. The van der Waals surface area contributed by atoms with Gasteiger partial charge in [-0.05, 0) is 47.9 Å². The van der Waals surface area contributed by atoms with Gasteiger partial charge in [-0.2, -0.15) is 0 Å². The van der Waals surface area contributed by atoms with Crippen LogP contribution in [0.3, 0.4) is 0 Å². The topological polar surface area (TPSA) is 40.5 Å². The molecule has 112 valence electrons. The fraction of sp³-hybridized carbons (Fsp3) is 0.421. The van der Waals surface area contributed by atoms with Crippen LogP contribution >= 0.6 is 0 Å². The number of aromatic carboxylic acids is 1. The molecule has 0 spiro atoms. The molecule has 3 nitrogen and oxygen atoms in total. The number of anilines is 1. The highest BCUT2D eigenvalue weighted by atomic mass is 16.4. The minimum absolute atomic E-state index is 0.409. The molecule has 0 aromatic heterocycles. The Morgan fingerprint density at radius 2 is 1.55 bits per heavy atom. The highest BCUT2D eigenvalue weighted by Crippen LogP contribution is 2.53. The molecule has 2 aliphatic carbocycles. The van der Waals surface area contributed by atoms with E-state index in [4.69, 9.17) is 0 Å². The first-order valence-electron chi connectivity index (χ1n) is 8.22. The molecule has 0 saturated carbocycles. The number of hydrogen-bond acceptors (Lipinski definition) is 2. The molecule has 0 fully saturated rings. The van der Waals surface area contributed by atoms with E-state index in [1.807, 2.05) is 12.1 Å². The van der Waals surface area contributed by atoms with E-state index in [0.29, 0.717) is 29.2 Å². The van der Waals surface area contributed by atoms with Crippen molar-refractivity contribution in [2.24, 2.45) is 11.8 Å². The standard InChI is InChI=1S/C19H19NO2/c21-19(22)13-7-16-14-5-1-3-11(14)9-20-10-12-4-2-6-15(12)17(8-13)18(16)20/h1-2,5-8,11-12,14-15H,3-4,9-10H2,(H,21,22)/t11-,12+,14-,15-/m1/s1. The molecule has 4 atom stereocenters. The molecule has 1 aromatic rings. The van der Waals surface area contributed by atoms with Gasteiger partial charge in [-0.3, -0.25) is 0 Å². The zero-order valence-corrected chi connectivity index (χ0v) is 12.4. The Bertz CT molecular complexity index is 682. The molecule has 2 aliphatic heterocycles. The molecule has 22 heavy (non-hydrogen) atoms. The number of carboxylic acids is 1. The molecule has 4 aliphatic rings. The number of benzene rings is 1. The summed E-state index contributed by atoms with van der Waals surface area (Å²) < 4.78 is 0. The lowest BCUT2D eigenvalue weighted by molar-refractivity contribution is 0.0696. The van der Waals surface area contributed by atoms with E-state index in [1.165, 1.54) is 16.8 Å². The monoisotopic (exact) mass is 293 g/mol. The van der Waals surface area contributed by atoms with Crippen molar-refractivity contribution in [1.82, 2.24) is 0 Å². The number of allylic oxidation sites excluding steroid dienone is 4. The molecule has 0 amide bonds. The van der Waals surface area contributed by atoms with E-state index >= 15 is 0 Å². The number of fused-ring (bicyclic) bond motifs is 4. The summed E-state index contributed by atoms with van der Waals surface area (Å²) in [5, 5.41) is 9.52. The van der Waals surface area contributed by atoms with E-state index < -0.39 is 5.97 Å². The Labute approximate surface area is 129 Å². The van der Waals surface area contributed by atoms with Crippen molar-refractivity contribution in [1.29, 1.82) is 0 Å². The van der Waals surface area contributed by atoms with Crippen LogP contribution in [0.4, 0.5) is 5.69 Å². The lowest BCUT2D eigenvalue weighted by Gasteiger charge is -2.46. The van der Waals surface area contributed by atoms with Gasteiger partial charge in [-0.25, -0.2) is 4.79 Å². The third-order valence-corrected chi connectivity index (χ3v) is 5.94. The smallest absolute Gasteiger partial charge is 0.335 e. The van der Waals surface area contributed by atoms with Gasteiger partial charge in [0.1, 0.15) is 0 Å². The van der Waals surface area contributed by atoms with Crippen molar-refractivity contribution in [3.8, 4) is 0 Å². The first kappa shape index (κ1) is 12.5. The van der Waals surface area contributed by atoms with Gasteiger partial charge >= 0.3 is 5.97 Å². The van der Waals surface area contributed by atoms with Gasteiger partial charge in [-0.15, -0.1) is 0 Å². The van der Waals surface area contributed by atoms with Crippen LogP contribution in [-0.2, 0) is 0 Å². The van der Waals surface area contributed by atoms with Crippen molar-refractivity contribution in [3.63, 3.8) is 0 Å². The van der Waals surface area contributed by atoms with Crippen LogP contribution in [0.25, 0.3) is 0 Å². The zero-order valence-electron chi connectivity index (χ0n) is 12.4. The first-order valence-corrected chi connectivity index (χ1v) is 8.22. The average Bonchev–Trinajstić information content (AvgIpc) is 3.15.